The molecule has 0 aliphatic carbocycles. The van der Waals surface area contributed by atoms with Crippen LogP contribution in [0, 0.1) is 0 Å². The number of hydrogen-bond acceptors (Lipinski definition) is 3. The van der Waals surface area contributed by atoms with Crippen molar-refractivity contribution in [3.63, 3.8) is 0 Å². The van der Waals surface area contributed by atoms with Crippen LogP contribution in [0.1, 0.15) is 18.1 Å². The van der Waals surface area contributed by atoms with Crippen molar-refractivity contribution in [3.8, 4) is 0 Å². The molecule has 1 fully saturated rings. The molecule has 1 atom stereocenters. The summed E-state index contributed by atoms with van der Waals surface area (Å²) in [4.78, 5) is 9.90. The summed E-state index contributed by atoms with van der Waals surface area (Å²) in [6, 6.07) is 6.98. The van der Waals surface area contributed by atoms with Gasteiger partial charge in [-0.1, -0.05) is 24.3 Å². The Kier molecular flexibility index (Phi) is 7.49. The Hall–Kier alpha value is -1.80. The van der Waals surface area contributed by atoms with E-state index in [-0.39, 0.29) is 0 Å². The van der Waals surface area contributed by atoms with Crippen molar-refractivity contribution in [1.82, 2.24) is 20.0 Å². The second-order valence-electron chi connectivity index (χ2n) is 7.20. The van der Waals surface area contributed by atoms with E-state index in [2.05, 4.69) is 39.5 Å². The predicted molar refractivity (Wildman–Crippen MR) is 103 cm³/mol. The lowest BCUT2D eigenvalue weighted by atomic mass is 10.1. The third kappa shape index (κ3) is 6.39. The molecule has 0 spiro atoms. The molecular formula is C19H30F3N5. The highest BCUT2D eigenvalue weighted by atomic mass is 19.4. The van der Waals surface area contributed by atoms with E-state index < -0.39 is 12.2 Å². The van der Waals surface area contributed by atoms with E-state index in [1.165, 1.54) is 17.4 Å². The minimum Gasteiger partial charge on any atom is -0.352 e. The van der Waals surface area contributed by atoms with Gasteiger partial charge >= 0.3 is 6.18 Å². The molecule has 1 N–H and O–H groups in total. The summed E-state index contributed by atoms with van der Waals surface area (Å²) >= 11 is 0. The molecule has 1 saturated heterocycles. The Bertz CT molecular complexity index is 605. The van der Waals surface area contributed by atoms with Gasteiger partial charge in [0.15, 0.2) is 5.96 Å². The monoisotopic (exact) mass is 385 g/mol. The van der Waals surface area contributed by atoms with Crippen LogP contribution >= 0.6 is 0 Å². The van der Waals surface area contributed by atoms with Gasteiger partial charge < -0.3 is 15.1 Å². The number of halogens is 3. The van der Waals surface area contributed by atoms with Crippen LogP contribution in [0.25, 0.3) is 0 Å². The van der Waals surface area contributed by atoms with Crippen LogP contribution in [0.2, 0.25) is 0 Å². The molecule has 1 aromatic carbocycles. The SMILES string of the molecule is CN=C(NCc1ccc(CN(C)C)cc1)N1CCN(C(C)C(F)(F)F)CC1. The Morgan fingerprint density at radius 3 is 2.15 bits per heavy atom. The molecule has 0 radical (unpaired) electrons. The number of guanidine groups is 1. The fourth-order valence-corrected chi connectivity index (χ4v) is 3.17. The van der Waals surface area contributed by atoms with E-state index in [0.717, 1.165) is 18.1 Å². The quantitative estimate of drug-likeness (QED) is 0.624. The van der Waals surface area contributed by atoms with Gasteiger partial charge in [-0.25, -0.2) is 0 Å². The molecule has 5 nitrogen and oxygen atoms in total. The first-order valence-electron chi connectivity index (χ1n) is 9.19. The van der Waals surface area contributed by atoms with Crippen molar-refractivity contribution < 1.29 is 13.2 Å². The van der Waals surface area contributed by atoms with Gasteiger partial charge in [-0.15, -0.1) is 0 Å². The molecule has 1 heterocycles. The summed E-state index contributed by atoms with van der Waals surface area (Å²) in [7, 11) is 5.77. The Morgan fingerprint density at radius 2 is 1.67 bits per heavy atom. The molecule has 0 bridgehead atoms. The molecule has 1 unspecified atom stereocenters. The average molecular weight is 385 g/mol. The first-order valence-corrected chi connectivity index (χ1v) is 9.19. The number of nitrogens with zero attached hydrogens (tertiary/aromatic N) is 4. The Morgan fingerprint density at radius 1 is 1.11 bits per heavy atom. The molecular weight excluding hydrogens is 355 g/mol. The van der Waals surface area contributed by atoms with Gasteiger partial charge in [0, 0.05) is 46.3 Å². The summed E-state index contributed by atoms with van der Waals surface area (Å²) < 4.78 is 38.6. The van der Waals surface area contributed by atoms with Crippen molar-refractivity contribution in [2.75, 3.05) is 47.3 Å². The largest absolute Gasteiger partial charge is 0.403 e. The van der Waals surface area contributed by atoms with Crippen LogP contribution in [0.5, 0.6) is 0 Å². The number of benzene rings is 1. The van der Waals surface area contributed by atoms with Gasteiger partial charge in [-0.3, -0.25) is 9.89 Å². The molecule has 152 valence electrons. The third-order valence-electron chi connectivity index (χ3n) is 4.82. The van der Waals surface area contributed by atoms with Gasteiger partial charge in [0.05, 0.1) is 0 Å². The second kappa shape index (κ2) is 9.41. The van der Waals surface area contributed by atoms with Crippen molar-refractivity contribution in [2.24, 2.45) is 4.99 Å². The number of alkyl halides is 3. The highest BCUT2D eigenvalue weighted by molar-refractivity contribution is 5.80. The minimum absolute atomic E-state index is 0.376. The van der Waals surface area contributed by atoms with Crippen LogP contribution in [0.3, 0.4) is 0 Å². The lowest BCUT2D eigenvalue weighted by Crippen LogP contribution is -2.56. The lowest BCUT2D eigenvalue weighted by Gasteiger charge is -2.39. The van der Waals surface area contributed by atoms with Crippen molar-refractivity contribution in [3.05, 3.63) is 35.4 Å². The van der Waals surface area contributed by atoms with Crippen molar-refractivity contribution in [1.29, 1.82) is 0 Å². The maximum Gasteiger partial charge on any atom is 0.403 e. The number of rotatable bonds is 5. The first-order chi connectivity index (χ1) is 12.7. The van der Waals surface area contributed by atoms with Crippen LogP contribution in [0.4, 0.5) is 13.2 Å². The van der Waals surface area contributed by atoms with E-state index >= 15 is 0 Å². The third-order valence-corrected chi connectivity index (χ3v) is 4.82. The lowest BCUT2D eigenvalue weighted by molar-refractivity contribution is -0.181. The maximum atomic E-state index is 12.9. The number of nitrogens with one attached hydrogen (secondary N) is 1. The van der Waals surface area contributed by atoms with Crippen LogP contribution in [-0.2, 0) is 13.1 Å². The van der Waals surface area contributed by atoms with Crippen molar-refractivity contribution >= 4 is 5.96 Å². The van der Waals surface area contributed by atoms with Gasteiger partial charge in [-0.2, -0.15) is 13.2 Å². The maximum absolute atomic E-state index is 12.9. The molecule has 2 rings (SSSR count). The molecule has 1 aromatic rings. The number of hydrogen-bond donors (Lipinski definition) is 1. The van der Waals surface area contributed by atoms with Gasteiger partial charge in [0.25, 0.3) is 0 Å². The Labute approximate surface area is 159 Å². The molecule has 0 amide bonds. The summed E-state index contributed by atoms with van der Waals surface area (Å²) in [5, 5.41) is 3.31. The van der Waals surface area contributed by atoms with E-state index in [0.29, 0.717) is 32.7 Å². The predicted octanol–water partition coefficient (Wildman–Crippen LogP) is 2.39. The molecule has 27 heavy (non-hydrogen) atoms. The minimum atomic E-state index is -4.18. The van der Waals surface area contributed by atoms with Gasteiger partial charge in [0.2, 0.25) is 0 Å². The first kappa shape index (κ1) is 21.5. The highest BCUT2D eigenvalue weighted by Gasteiger charge is 2.41. The van der Waals surface area contributed by atoms with E-state index in [1.807, 2.05) is 19.0 Å². The fraction of sp³-hybridized carbons (Fsp3) is 0.632. The zero-order chi connectivity index (χ0) is 20.0. The molecule has 0 aromatic heterocycles. The highest BCUT2D eigenvalue weighted by Crippen LogP contribution is 2.25. The fourth-order valence-electron chi connectivity index (χ4n) is 3.17. The average Bonchev–Trinajstić information content (AvgIpc) is 2.62. The van der Waals surface area contributed by atoms with Gasteiger partial charge in [-0.05, 0) is 32.1 Å². The molecule has 0 saturated carbocycles. The molecule has 8 heteroatoms. The zero-order valence-electron chi connectivity index (χ0n) is 16.6. The second-order valence-corrected chi connectivity index (χ2v) is 7.20. The summed E-state index contributed by atoms with van der Waals surface area (Å²) in [6.45, 7) is 4.57. The standard InChI is InChI=1S/C19H30F3N5/c1-15(19(20,21)22)26-9-11-27(12-10-26)18(23-2)24-13-16-5-7-17(8-6-16)14-25(3)4/h5-8,15H,9-14H2,1-4H3,(H,23,24). The summed E-state index contributed by atoms with van der Waals surface area (Å²) in [5.74, 6) is 0.728. The van der Waals surface area contributed by atoms with Crippen LogP contribution in [-0.4, -0.2) is 80.2 Å². The van der Waals surface area contributed by atoms with E-state index in [1.54, 1.807) is 7.05 Å². The van der Waals surface area contributed by atoms with Gasteiger partial charge in [0.1, 0.15) is 6.04 Å². The number of aliphatic imine (C=N–C) groups is 1. The summed E-state index contributed by atoms with van der Waals surface area (Å²) in [5.41, 5.74) is 2.39. The van der Waals surface area contributed by atoms with Crippen molar-refractivity contribution in [2.45, 2.75) is 32.2 Å². The van der Waals surface area contributed by atoms with Crippen LogP contribution in [0.15, 0.2) is 29.3 Å². The Balaban J connectivity index is 1.84. The topological polar surface area (TPSA) is 34.1 Å². The smallest absolute Gasteiger partial charge is 0.352 e. The zero-order valence-corrected chi connectivity index (χ0v) is 16.6. The molecule has 1 aliphatic heterocycles. The summed E-state index contributed by atoms with van der Waals surface area (Å²) in [6.07, 6.45) is -4.18. The van der Waals surface area contributed by atoms with Crippen LogP contribution < -0.4 is 5.32 Å². The molecule has 1 aliphatic rings. The van der Waals surface area contributed by atoms with E-state index in [4.69, 9.17) is 0 Å². The normalized spacial score (nSPS) is 18.1. The number of piperazine rings is 1. The van der Waals surface area contributed by atoms with E-state index in [9.17, 15) is 13.2 Å².